The molecule has 0 saturated heterocycles. The number of aromatic nitrogens is 5. The highest BCUT2D eigenvalue weighted by Crippen LogP contribution is 2.05. The van der Waals surface area contributed by atoms with E-state index in [1.165, 1.54) is 17.3 Å². The van der Waals surface area contributed by atoms with Crippen molar-refractivity contribution >= 4 is 5.95 Å². The summed E-state index contributed by atoms with van der Waals surface area (Å²) in [6, 6.07) is 1.89. The van der Waals surface area contributed by atoms with Gasteiger partial charge in [-0.25, -0.2) is 19.6 Å². The Labute approximate surface area is 87.2 Å². The van der Waals surface area contributed by atoms with E-state index in [1.54, 1.807) is 0 Å². The summed E-state index contributed by atoms with van der Waals surface area (Å²) in [6.45, 7) is 2.11. The molecule has 0 amide bonds. The molecule has 6 heteroatoms. The van der Waals surface area contributed by atoms with Crippen LogP contribution in [0.1, 0.15) is 19.0 Å². The molecule has 2 N–H and O–H groups in total. The molecule has 15 heavy (non-hydrogen) atoms. The lowest BCUT2D eigenvalue weighted by atomic mass is 10.2. The summed E-state index contributed by atoms with van der Waals surface area (Å²) >= 11 is 0. The lowest BCUT2D eigenvalue weighted by Gasteiger charge is -2.01. The Bertz CT molecular complexity index is 449. The van der Waals surface area contributed by atoms with Crippen LogP contribution in [0.15, 0.2) is 18.7 Å². The van der Waals surface area contributed by atoms with Crippen LogP contribution in [0.2, 0.25) is 0 Å². The minimum Gasteiger partial charge on any atom is -0.366 e. The highest BCUT2D eigenvalue weighted by molar-refractivity contribution is 5.24. The largest absolute Gasteiger partial charge is 0.366 e. The fourth-order valence-corrected chi connectivity index (χ4v) is 1.29. The van der Waals surface area contributed by atoms with Crippen molar-refractivity contribution in [1.29, 1.82) is 0 Å². The summed E-state index contributed by atoms with van der Waals surface area (Å²) in [6.07, 6.45) is 5.04. The van der Waals surface area contributed by atoms with Crippen LogP contribution in [-0.4, -0.2) is 24.7 Å². The van der Waals surface area contributed by atoms with Crippen LogP contribution in [0.4, 0.5) is 5.95 Å². The lowest BCUT2D eigenvalue weighted by Crippen LogP contribution is -2.01. The van der Waals surface area contributed by atoms with Crippen molar-refractivity contribution in [2.75, 3.05) is 5.73 Å². The molecule has 0 fully saturated rings. The molecule has 0 bridgehead atoms. The third kappa shape index (κ3) is 2.09. The number of nitrogens with zero attached hydrogens (tertiary/aromatic N) is 5. The van der Waals surface area contributed by atoms with Crippen LogP contribution >= 0.6 is 0 Å². The zero-order valence-electron chi connectivity index (χ0n) is 8.46. The number of rotatable bonds is 3. The molecule has 0 aliphatic heterocycles. The number of hydrogen-bond acceptors (Lipinski definition) is 5. The molecule has 6 nitrogen and oxygen atoms in total. The van der Waals surface area contributed by atoms with Crippen LogP contribution in [0, 0.1) is 0 Å². The van der Waals surface area contributed by atoms with Crippen LogP contribution < -0.4 is 5.73 Å². The van der Waals surface area contributed by atoms with Crippen molar-refractivity contribution in [3.63, 3.8) is 0 Å². The van der Waals surface area contributed by atoms with Gasteiger partial charge in [0.2, 0.25) is 5.95 Å². The highest BCUT2D eigenvalue weighted by atomic mass is 15.4. The number of aryl methyl sites for hydroxylation is 1. The van der Waals surface area contributed by atoms with Gasteiger partial charge in [-0.05, 0) is 6.42 Å². The Morgan fingerprint density at radius 3 is 2.87 bits per heavy atom. The summed E-state index contributed by atoms with van der Waals surface area (Å²) in [5.74, 6) is 0.934. The maximum absolute atomic E-state index is 5.43. The first-order chi connectivity index (χ1) is 7.29. The molecule has 0 unspecified atom stereocenters. The van der Waals surface area contributed by atoms with Crippen molar-refractivity contribution in [3.05, 3.63) is 24.4 Å². The van der Waals surface area contributed by atoms with Gasteiger partial charge in [-0.15, -0.1) is 5.10 Å². The molecule has 2 heterocycles. The average Bonchev–Trinajstić information content (AvgIpc) is 2.66. The number of nitrogens with two attached hydrogens (primary N) is 1. The van der Waals surface area contributed by atoms with E-state index in [4.69, 9.17) is 5.73 Å². The van der Waals surface area contributed by atoms with Crippen LogP contribution in [0.3, 0.4) is 0 Å². The quantitative estimate of drug-likeness (QED) is 0.791. The second-order valence-corrected chi connectivity index (χ2v) is 3.16. The maximum atomic E-state index is 5.43. The molecular formula is C9H12N6. The van der Waals surface area contributed by atoms with Crippen LogP contribution in [0.25, 0.3) is 5.82 Å². The Balaban J connectivity index is 2.32. The fraction of sp³-hybridized carbons (Fsp3) is 0.333. The number of anilines is 1. The first-order valence-corrected chi connectivity index (χ1v) is 4.78. The van der Waals surface area contributed by atoms with Crippen molar-refractivity contribution in [2.24, 2.45) is 0 Å². The van der Waals surface area contributed by atoms with Gasteiger partial charge >= 0.3 is 0 Å². The molecule has 0 aliphatic rings. The second kappa shape index (κ2) is 4.04. The molecule has 0 aromatic carbocycles. The molecular weight excluding hydrogens is 192 g/mol. The SMILES string of the molecule is CCCc1cc(-n2cnc(N)n2)ncn1. The Morgan fingerprint density at radius 2 is 2.20 bits per heavy atom. The van der Waals surface area contributed by atoms with E-state index in [0.29, 0.717) is 5.82 Å². The monoisotopic (exact) mass is 204 g/mol. The topological polar surface area (TPSA) is 82.5 Å². The van der Waals surface area contributed by atoms with E-state index in [-0.39, 0.29) is 5.95 Å². The Kier molecular flexibility index (Phi) is 2.57. The zero-order valence-corrected chi connectivity index (χ0v) is 8.46. The van der Waals surface area contributed by atoms with Gasteiger partial charge in [-0.2, -0.15) is 0 Å². The summed E-state index contributed by atoms with van der Waals surface area (Å²) in [5, 5.41) is 3.98. The van der Waals surface area contributed by atoms with Gasteiger partial charge in [0.1, 0.15) is 12.7 Å². The molecule has 78 valence electrons. The third-order valence-electron chi connectivity index (χ3n) is 1.96. The number of nitrogen functional groups attached to an aromatic ring is 1. The van der Waals surface area contributed by atoms with Crippen molar-refractivity contribution in [1.82, 2.24) is 24.7 Å². The van der Waals surface area contributed by atoms with E-state index in [2.05, 4.69) is 27.0 Å². The normalized spacial score (nSPS) is 10.5. The van der Waals surface area contributed by atoms with Crippen molar-refractivity contribution in [2.45, 2.75) is 19.8 Å². The van der Waals surface area contributed by atoms with Gasteiger partial charge in [0.05, 0.1) is 0 Å². The van der Waals surface area contributed by atoms with Crippen LogP contribution in [0.5, 0.6) is 0 Å². The fourth-order valence-electron chi connectivity index (χ4n) is 1.29. The smallest absolute Gasteiger partial charge is 0.239 e. The molecule has 0 saturated carbocycles. The van der Waals surface area contributed by atoms with Crippen molar-refractivity contribution < 1.29 is 0 Å². The van der Waals surface area contributed by atoms with Gasteiger partial charge < -0.3 is 5.73 Å². The Morgan fingerprint density at radius 1 is 1.33 bits per heavy atom. The molecule has 0 atom stereocenters. The molecule has 0 spiro atoms. The first kappa shape index (κ1) is 9.57. The minimum atomic E-state index is 0.241. The zero-order chi connectivity index (χ0) is 10.7. The summed E-state index contributed by atoms with van der Waals surface area (Å²) in [4.78, 5) is 12.1. The number of hydrogen-bond donors (Lipinski definition) is 1. The second-order valence-electron chi connectivity index (χ2n) is 3.16. The summed E-state index contributed by atoms with van der Waals surface area (Å²) in [5.41, 5.74) is 6.42. The predicted molar refractivity (Wildman–Crippen MR) is 55.4 cm³/mol. The summed E-state index contributed by atoms with van der Waals surface area (Å²) in [7, 11) is 0. The average molecular weight is 204 g/mol. The highest BCUT2D eigenvalue weighted by Gasteiger charge is 2.02. The Hall–Kier alpha value is -1.98. The molecule has 0 aliphatic carbocycles. The van der Waals surface area contributed by atoms with Gasteiger partial charge in [0.25, 0.3) is 0 Å². The van der Waals surface area contributed by atoms with E-state index in [1.807, 2.05) is 6.07 Å². The van der Waals surface area contributed by atoms with E-state index in [0.717, 1.165) is 18.5 Å². The van der Waals surface area contributed by atoms with Gasteiger partial charge in [0.15, 0.2) is 5.82 Å². The maximum Gasteiger partial charge on any atom is 0.239 e. The van der Waals surface area contributed by atoms with E-state index in [9.17, 15) is 0 Å². The van der Waals surface area contributed by atoms with E-state index < -0.39 is 0 Å². The molecule has 0 radical (unpaired) electrons. The first-order valence-electron chi connectivity index (χ1n) is 4.78. The molecule has 2 aromatic heterocycles. The van der Waals surface area contributed by atoms with Crippen LogP contribution in [-0.2, 0) is 6.42 Å². The van der Waals surface area contributed by atoms with E-state index >= 15 is 0 Å². The third-order valence-corrected chi connectivity index (χ3v) is 1.96. The predicted octanol–water partition coefficient (Wildman–Crippen LogP) is 0.592. The lowest BCUT2D eigenvalue weighted by molar-refractivity contribution is 0.814. The van der Waals surface area contributed by atoms with Gasteiger partial charge in [0, 0.05) is 11.8 Å². The molecule has 2 aromatic rings. The van der Waals surface area contributed by atoms with Gasteiger partial charge in [-0.3, -0.25) is 0 Å². The van der Waals surface area contributed by atoms with Crippen molar-refractivity contribution in [3.8, 4) is 5.82 Å². The van der Waals surface area contributed by atoms with Gasteiger partial charge in [-0.1, -0.05) is 13.3 Å². The molecule has 2 rings (SSSR count). The summed E-state index contributed by atoms with van der Waals surface area (Å²) < 4.78 is 1.54. The standard InChI is InChI=1S/C9H12N6/c1-2-3-7-4-8(12-5-11-7)15-6-13-9(10)14-15/h4-6H,2-3H2,1H3,(H2,10,14). The minimum absolute atomic E-state index is 0.241.